The van der Waals surface area contributed by atoms with Crippen LogP contribution >= 0.6 is 23.4 Å². The number of nitriles is 1. The lowest BCUT2D eigenvalue weighted by Crippen LogP contribution is -2.18. The van der Waals surface area contributed by atoms with Crippen LogP contribution in [0.3, 0.4) is 0 Å². The largest absolute Gasteiger partial charge is 0.340 e. The quantitative estimate of drug-likeness (QED) is 0.663. The van der Waals surface area contributed by atoms with Gasteiger partial charge in [0.1, 0.15) is 11.6 Å². The van der Waals surface area contributed by atoms with Crippen LogP contribution in [0.5, 0.6) is 0 Å². The summed E-state index contributed by atoms with van der Waals surface area (Å²) in [5.41, 5.74) is 1.44. The van der Waals surface area contributed by atoms with Crippen LogP contribution < -0.4 is 10.6 Å². The van der Waals surface area contributed by atoms with Crippen LogP contribution in [0.15, 0.2) is 35.0 Å². The standard InChI is InChI=1S/C14H13ClN4OS/c1-9-2-3-11(6-12(9)15)19-13(20)10(7-16)8-18-14-17-4-5-21-14/h2-3,6,8H,4-5H2,1H3,(H,17,18)(H,19,20)/b10-8-. The van der Waals surface area contributed by atoms with E-state index in [0.29, 0.717) is 15.9 Å². The van der Waals surface area contributed by atoms with E-state index < -0.39 is 5.91 Å². The van der Waals surface area contributed by atoms with Gasteiger partial charge in [0.05, 0.1) is 6.54 Å². The summed E-state index contributed by atoms with van der Waals surface area (Å²) in [4.78, 5) is 16.2. The number of benzene rings is 1. The molecule has 1 aliphatic heterocycles. The van der Waals surface area contributed by atoms with Gasteiger partial charge in [0.25, 0.3) is 5.91 Å². The summed E-state index contributed by atoms with van der Waals surface area (Å²) in [6.45, 7) is 2.62. The zero-order valence-electron chi connectivity index (χ0n) is 11.3. The minimum atomic E-state index is -0.492. The Morgan fingerprint density at radius 2 is 2.38 bits per heavy atom. The second-order valence-electron chi connectivity index (χ2n) is 4.27. The fourth-order valence-corrected chi connectivity index (χ4v) is 2.46. The second-order valence-corrected chi connectivity index (χ2v) is 5.76. The number of halogens is 1. The number of hydrogen-bond acceptors (Lipinski definition) is 5. The predicted molar refractivity (Wildman–Crippen MR) is 86.4 cm³/mol. The van der Waals surface area contributed by atoms with E-state index in [1.807, 2.05) is 13.0 Å². The lowest BCUT2D eigenvalue weighted by atomic mass is 10.2. The molecule has 1 amide bonds. The molecule has 0 saturated carbocycles. The van der Waals surface area contributed by atoms with Gasteiger partial charge < -0.3 is 10.6 Å². The molecule has 1 heterocycles. The highest BCUT2D eigenvalue weighted by atomic mass is 35.5. The molecule has 0 unspecified atom stereocenters. The van der Waals surface area contributed by atoms with Gasteiger partial charge in [-0.3, -0.25) is 9.79 Å². The van der Waals surface area contributed by atoms with E-state index in [0.717, 1.165) is 17.9 Å². The maximum absolute atomic E-state index is 12.0. The number of carbonyl (C=O) groups excluding carboxylic acids is 1. The summed E-state index contributed by atoms with van der Waals surface area (Å²) in [5.74, 6) is 0.417. The van der Waals surface area contributed by atoms with Gasteiger partial charge in [0.15, 0.2) is 5.17 Å². The Kier molecular flexibility index (Phi) is 5.26. The van der Waals surface area contributed by atoms with Crippen molar-refractivity contribution in [2.45, 2.75) is 6.92 Å². The van der Waals surface area contributed by atoms with Gasteiger partial charge in [-0.1, -0.05) is 29.4 Å². The molecule has 108 valence electrons. The van der Waals surface area contributed by atoms with E-state index in [-0.39, 0.29) is 5.57 Å². The average molecular weight is 321 g/mol. The Morgan fingerprint density at radius 1 is 1.57 bits per heavy atom. The maximum atomic E-state index is 12.0. The van der Waals surface area contributed by atoms with Gasteiger partial charge in [0, 0.05) is 22.7 Å². The van der Waals surface area contributed by atoms with E-state index in [1.54, 1.807) is 30.0 Å². The monoisotopic (exact) mass is 320 g/mol. The SMILES string of the molecule is Cc1ccc(NC(=O)/C(C#N)=C\NC2=NCCS2)cc1Cl. The summed E-state index contributed by atoms with van der Waals surface area (Å²) in [6.07, 6.45) is 1.36. The number of rotatable bonds is 3. The number of aliphatic imine (C=N–C) groups is 1. The first-order chi connectivity index (χ1) is 10.1. The summed E-state index contributed by atoms with van der Waals surface area (Å²) >= 11 is 7.55. The van der Waals surface area contributed by atoms with Crippen molar-refractivity contribution in [2.75, 3.05) is 17.6 Å². The number of carbonyl (C=O) groups is 1. The van der Waals surface area contributed by atoms with Crippen LogP contribution in [0.25, 0.3) is 0 Å². The molecular formula is C14H13ClN4OS. The van der Waals surface area contributed by atoms with Gasteiger partial charge in [-0.25, -0.2) is 0 Å². The van der Waals surface area contributed by atoms with Crippen LogP contribution in [0.1, 0.15) is 5.56 Å². The third-order valence-corrected chi connectivity index (χ3v) is 4.03. The van der Waals surface area contributed by atoms with E-state index in [9.17, 15) is 4.79 Å². The molecule has 21 heavy (non-hydrogen) atoms. The summed E-state index contributed by atoms with van der Waals surface area (Å²) in [5, 5.41) is 15.8. The fourth-order valence-electron chi connectivity index (χ4n) is 1.57. The summed E-state index contributed by atoms with van der Waals surface area (Å²) in [6, 6.07) is 7.04. The van der Waals surface area contributed by atoms with Gasteiger partial charge >= 0.3 is 0 Å². The van der Waals surface area contributed by atoms with Crippen molar-refractivity contribution in [3.8, 4) is 6.07 Å². The van der Waals surface area contributed by atoms with Crippen LogP contribution in [0.4, 0.5) is 5.69 Å². The van der Waals surface area contributed by atoms with Crippen LogP contribution in [-0.2, 0) is 4.79 Å². The third-order valence-electron chi connectivity index (χ3n) is 2.72. The van der Waals surface area contributed by atoms with E-state index in [1.165, 1.54) is 6.20 Å². The maximum Gasteiger partial charge on any atom is 0.267 e. The van der Waals surface area contributed by atoms with Crippen molar-refractivity contribution in [1.82, 2.24) is 5.32 Å². The minimum Gasteiger partial charge on any atom is -0.340 e. The van der Waals surface area contributed by atoms with Gasteiger partial charge in [-0.05, 0) is 24.6 Å². The molecule has 0 fully saturated rings. The topological polar surface area (TPSA) is 77.3 Å². The van der Waals surface area contributed by atoms with Crippen molar-refractivity contribution < 1.29 is 4.79 Å². The summed E-state index contributed by atoms with van der Waals surface area (Å²) < 4.78 is 0. The second kappa shape index (κ2) is 7.16. The molecule has 0 aliphatic carbocycles. The molecule has 1 aromatic rings. The van der Waals surface area contributed by atoms with E-state index in [2.05, 4.69) is 15.6 Å². The zero-order chi connectivity index (χ0) is 15.2. The minimum absolute atomic E-state index is 0.0260. The Labute approximate surface area is 132 Å². The van der Waals surface area contributed by atoms with Crippen molar-refractivity contribution in [1.29, 1.82) is 5.26 Å². The van der Waals surface area contributed by atoms with Gasteiger partial charge in [0.2, 0.25) is 0 Å². The number of anilines is 1. The van der Waals surface area contributed by atoms with Crippen molar-refractivity contribution in [3.05, 3.63) is 40.6 Å². The predicted octanol–water partition coefficient (Wildman–Crippen LogP) is 2.69. The number of nitrogens with zero attached hydrogens (tertiary/aromatic N) is 2. The number of thioether (sulfide) groups is 1. The molecule has 7 heteroatoms. The van der Waals surface area contributed by atoms with Crippen molar-refractivity contribution in [2.24, 2.45) is 4.99 Å². The Balaban J connectivity index is 2.04. The van der Waals surface area contributed by atoms with Crippen molar-refractivity contribution in [3.63, 3.8) is 0 Å². The fraction of sp³-hybridized carbons (Fsp3) is 0.214. The molecule has 1 aliphatic rings. The van der Waals surface area contributed by atoms with Crippen LogP contribution in [-0.4, -0.2) is 23.4 Å². The van der Waals surface area contributed by atoms with E-state index >= 15 is 0 Å². The molecule has 0 bridgehead atoms. The highest BCUT2D eigenvalue weighted by Gasteiger charge is 2.11. The lowest BCUT2D eigenvalue weighted by Gasteiger charge is -2.06. The Hall–Kier alpha value is -1.97. The van der Waals surface area contributed by atoms with E-state index in [4.69, 9.17) is 16.9 Å². The number of aryl methyl sites for hydroxylation is 1. The molecule has 2 N–H and O–H groups in total. The Morgan fingerprint density at radius 3 is 3.00 bits per heavy atom. The highest BCUT2D eigenvalue weighted by molar-refractivity contribution is 8.14. The highest BCUT2D eigenvalue weighted by Crippen LogP contribution is 2.20. The van der Waals surface area contributed by atoms with Gasteiger partial charge in [-0.2, -0.15) is 5.26 Å². The molecule has 2 rings (SSSR count). The first-order valence-corrected chi connectivity index (χ1v) is 7.58. The average Bonchev–Trinajstić information content (AvgIpc) is 2.97. The number of nitrogens with one attached hydrogen (secondary N) is 2. The number of amidine groups is 1. The lowest BCUT2D eigenvalue weighted by molar-refractivity contribution is -0.112. The molecular weight excluding hydrogens is 308 g/mol. The first kappa shape index (κ1) is 15.4. The molecule has 0 aromatic heterocycles. The van der Waals surface area contributed by atoms with Gasteiger partial charge in [-0.15, -0.1) is 0 Å². The molecule has 5 nitrogen and oxygen atoms in total. The number of amides is 1. The molecule has 0 radical (unpaired) electrons. The molecule has 1 aromatic carbocycles. The van der Waals surface area contributed by atoms with Crippen LogP contribution in [0, 0.1) is 18.3 Å². The smallest absolute Gasteiger partial charge is 0.267 e. The number of hydrogen-bond donors (Lipinski definition) is 2. The molecule has 0 spiro atoms. The third kappa shape index (κ3) is 4.25. The molecule has 0 atom stereocenters. The Bertz CT molecular complexity index is 663. The summed E-state index contributed by atoms with van der Waals surface area (Å²) in [7, 11) is 0. The van der Waals surface area contributed by atoms with Crippen LogP contribution in [0.2, 0.25) is 5.02 Å². The first-order valence-electron chi connectivity index (χ1n) is 6.21. The molecule has 0 saturated heterocycles. The van der Waals surface area contributed by atoms with Crippen molar-refractivity contribution >= 4 is 40.1 Å². The normalized spacial score (nSPS) is 14.3. The zero-order valence-corrected chi connectivity index (χ0v) is 12.9.